The first kappa shape index (κ1) is 24.5. The van der Waals surface area contributed by atoms with Crippen LogP contribution >= 0.6 is 24.0 Å². The summed E-state index contributed by atoms with van der Waals surface area (Å²) in [6, 6.07) is 0. The maximum atomic E-state index is 11.6. The Hall–Kier alpha value is -0.570. The van der Waals surface area contributed by atoms with Crippen molar-refractivity contribution in [3.05, 3.63) is 0 Å². The minimum absolute atomic E-state index is 0. The fourth-order valence-corrected chi connectivity index (χ4v) is 3.76. The second kappa shape index (κ2) is 15.4. The number of carbonyl (C=O) groups excluding carboxylic acids is 1. The van der Waals surface area contributed by atoms with Gasteiger partial charge in [-0.3, -0.25) is 9.79 Å². The van der Waals surface area contributed by atoms with Crippen LogP contribution in [0.1, 0.15) is 64.7 Å². The normalized spacial score (nSPS) is 18.5. The van der Waals surface area contributed by atoms with Crippen LogP contribution in [0.25, 0.3) is 0 Å². The van der Waals surface area contributed by atoms with Crippen molar-refractivity contribution in [2.24, 2.45) is 4.99 Å². The summed E-state index contributed by atoms with van der Waals surface area (Å²) >= 11 is 0. The summed E-state index contributed by atoms with van der Waals surface area (Å²) in [6.07, 6.45) is 10.7. The highest BCUT2D eigenvalue weighted by Gasteiger charge is 2.18. The Kier molecular flexibility index (Phi) is 13.9. The van der Waals surface area contributed by atoms with E-state index in [1.54, 1.807) is 0 Å². The van der Waals surface area contributed by atoms with Crippen LogP contribution in [0.2, 0.25) is 0 Å². The van der Waals surface area contributed by atoms with Gasteiger partial charge in [-0.2, -0.15) is 0 Å². The fourth-order valence-electron chi connectivity index (χ4n) is 3.76. The lowest BCUT2D eigenvalue weighted by atomic mass is 10.1. The van der Waals surface area contributed by atoms with Gasteiger partial charge in [0.1, 0.15) is 0 Å². The molecule has 2 aliphatic heterocycles. The molecule has 0 spiro atoms. The van der Waals surface area contributed by atoms with Gasteiger partial charge in [0.25, 0.3) is 0 Å². The van der Waals surface area contributed by atoms with Gasteiger partial charge in [-0.05, 0) is 65.1 Å². The van der Waals surface area contributed by atoms with Gasteiger partial charge in [-0.1, -0.05) is 12.8 Å². The zero-order valence-electron chi connectivity index (χ0n) is 17.2. The molecule has 2 N–H and O–H groups in total. The highest BCUT2D eigenvalue weighted by molar-refractivity contribution is 14.0. The number of likely N-dealkylation sites (tertiary alicyclic amines) is 2. The van der Waals surface area contributed by atoms with Crippen molar-refractivity contribution < 1.29 is 4.79 Å². The number of nitrogens with one attached hydrogen (secondary N) is 2. The van der Waals surface area contributed by atoms with E-state index >= 15 is 0 Å². The van der Waals surface area contributed by atoms with Crippen LogP contribution in [0.15, 0.2) is 4.99 Å². The molecule has 158 valence electrons. The maximum absolute atomic E-state index is 11.6. The number of carbonyl (C=O) groups is 1. The molecule has 0 unspecified atom stereocenters. The number of guanidine groups is 1. The van der Waals surface area contributed by atoms with Crippen molar-refractivity contribution in [1.29, 1.82) is 0 Å². The zero-order valence-corrected chi connectivity index (χ0v) is 19.5. The van der Waals surface area contributed by atoms with Gasteiger partial charge in [-0.15, -0.1) is 24.0 Å². The van der Waals surface area contributed by atoms with Crippen molar-refractivity contribution in [1.82, 2.24) is 20.4 Å². The van der Waals surface area contributed by atoms with E-state index in [-0.39, 0.29) is 24.0 Å². The molecule has 2 aliphatic rings. The SMILES string of the molecule is CCNC(=NCCCN1CCCC1=O)NCCCCCN1CCCCC1.I. The Balaban J connectivity index is 0.00000364. The molecule has 0 aromatic heterocycles. The van der Waals surface area contributed by atoms with Crippen molar-refractivity contribution in [2.45, 2.75) is 64.7 Å². The molecule has 2 fully saturated rings. The van der Waals surface area contributed by atoms with Gasteiger partial charge in [0.05, 0.1) is 0 Å². The molecule has 2 heterocycles. The summed E-state index contributed by atoms with van der Waals surface area (Å²) in [5.41, 5.74) is 0. The van der Waals surface area contributed by atoms with Crippen LogP contribution in [0.4, 0.5) is 0 Å². The first-order chi connectivity index (χ1) is 12.8. The molecule has 6 nitrogen and oxygen atoms in total. The zero-order chi connectivity index (χ0) is 18.5. The van der Waals surface area contributed by atoms with Crippen molar-refractivity contribution in [2.75, 3.05) is 52.4 Å². The summed E-state index contributed by atoms with van der Waals surface area (Å²) in [4.78, 5) is 20.8. The molecule has 1 amide bonds. The van der Waals surface area contributed by atoms with Gasteiger partial charge in [0.15, 0.2) is 5.96 Å². The van der Waals surface area contributed by atoms with Gasteiger partial charge < -0.3 is 20.4 Å². The molecule has 2 saturated heterocycles. The van der Waals surface area contributed by atoms with Gasteiger partial charge >= 0.3 is 0 Å². The van der Waals surface area contributed by atoms with Gasteiger partial charge in [0.2, 0.25) is 5.91 Å². The van der Waals surface area contributed by atoms with Crippen molar-refractivity contribution in [3.8, 4) is 0 Å². The molecule has 0 aromatic rings. The number of hydrogen-bond acceptors (Lipinski definition) is 3. The third-order valence-electron chi connectivity index (χ3n) is 5.26. The number of rotatable bonds is 11. The molecule has 2 rings (SSSR count). The Bertz CT molecular complexity index is 427. The monoisotopic (exact) mass is 493 g/mol. The smallest absolute Gasteiger partial charge is 0.222 e. The van der Waals surface area contributed by atoms with E-state index in [9.17, 15) is 4.79 Å². The number of amides is 1. The van der Waals surface area contributed by atoms with E-state index in [1.165, 1.54) is 58.2 Å². The highest BCUT2D eigenvalue weighted by Crippen LogP contribution is 2.10. The van der Waals surface area contributed by atoms with Crippen molar-refractivity contribution in [3.63, 3.8) is 0 Å². The number of piperidine rings is 1. The van der Waals surface area contributed by atoms with Crippen LogP contribution < -0.4 is 10.6 Å². The van der Waals surface area contributed by atoms with Crippen LogP contribution in [0.5, 0.6) is 0 Å². The summed E-state index contributed by atoms with van der Waals surface area (Å²) in [6.45, 7) is 10.4. The number of nitrogens with zero attached hydrogens (tertiary/aromatic N) is 3. The third-order valence-corrected chi connectivity index (χ3v) is 5.26. The fraction of sp³-hybridized carbons (Fsp3) is 0.900. The lowest BCUT2D eigenvalue weighted by Crippen LogP contribution is -2.38. The Morgan fingerprint density at radius 1 is 0.963 bits per heavy atom. The van der Waals surface area contributed by atoms with Gasteiger partial charge in [-0.25, -0.2) is 0 Å². The second-order valence-electron chi connectivity index (χ2n) is 7.49. The van der Waals surface area contributed by atoms with Crippen LogP contribution in [-0.4, -0.2) is 74.0 Å². The first-order valence-corrected chi connectivity index (χ1v) is 10.8. The average molecular weight is 493 g/mol. The molecule has 7 heteroatoms. The summed E-state index contributed by atoms with van der Waals surface area (Å²) in [5, 5.41) is 6.75. The van der Waals surface area contributed by atoms with E-state index in [0.29, 0.717) is 5.91 Å². The minimum Gasteiger partial charge on any atom is -0.357 e. The lowest BCUT2D eigenvalue weighted by Gasteiger charge is -2.26. The van der Waals surface area contributed by atoms with E-state index in [4.69, 9.17) is 0 Å². The van der Waals surface area contributed by atoms with Crippen molar-refractivity contribution >= 4 is 35.8 Å². The van der Waals surface area contributed by atoms with Gasteiger partial charge in [0, 0.05) is 39.1 Å². The largest absolute Gasteiger partial charge is 0.357 e. The number of halogens is 1. The summed E-state index contributed by atoms with van der Waals surface area (Å²) in [5.74, 6) is 1.22. The Morgan fingerprint density at radius 3 is 2.48 bits per heavy atom. The topological polar surface area (TPSA) is 60.0 Å². The lowest BCUT2D eigenvalue weighted by molar-refractivity contribution is -0.127. The quantitative estimate of drug-likeness (QED) is 0.201. The molecule has 0 bridgehead atoms. The average Bonchev–Trinajstić information content (AvgIpc) is 3.07. The predicted octanol–water partition coefficient (Wildman–Crippen LogP) is 2.83. The molecule has 0 atom stereocenters. The molecule has 0 aromatic carbocycles. The number of unbranched alkanes of at least 4 members (excludes halogenated alkanes) is 2. The standard InChI is InChI=1S/C20H39N5O.HI/c1-2-21-20(23-13-10-18-25-17-9-11-19(25)26)22-12-5-3-6-14-24-15-7-4-8-16-24;/h2-18H2,1H3,(H2,21,22,23);1H. The molecule has 0 aliphatic carbocycles. The van der Waals surface area contributed by atoms with E-state index in [0.717, 1.165) is 57.9 Å². The van der Waals surface area contributed by atoms with E-state index < -0.39 is 0 Å². The Morgan fingerprint density at radius 2 is 1.78 bits per heavy atom. The van der Waals surface area contributed by atoms with Crippen LogP contribution in [-0.2, 0) is 4.79 Å². The maximum Gasteiger partial charge on any atom is 0.222 e. The minimum atomic E-state index is 0. The van der Waals surface area contributed by atoms with E-state index in [2.05, 4.69) is 27.4 Å². The molecule has 0 radical (unpaired) electrons. The van der Waals surface area contributed by atoms with E-state index in [1.807, 2.05) is 4.90 Å². The molecular weight excluding hydrogens is 453 g/mol. The molecule has 27 heavy (non-hydrogen) atoms. The summed E-state index contributed by atoms with van der Waals surface area (Å²) < 4.78 is 0. The van der Waals surface area contributed by atoms with Crippen LogP contribution in [0, 0.1) is 0 Å². The molecule has 0 saturated carbocycles. The Labute approximate surface area is 182 Å². The first-order valence-electron chi connectivity index (χ1n) is 10.8. The second-order valence-corrected chi connectivity index (χ2v) is 7.49. The number of hydrogen-bond donors (Lipinski definition) is 2. The predicted molar refractivity (Wildman–Crippen MR) is 124 cm³/mol. The summed E-state index contributed by atoms with van der Waals surface area (Å²) in [7, 11) is 0. The third kappa shape index (κ3) is 10.5. The highest BCUT2D eigenvalue weighted by atomic mass is 127. The molecular formula is C20H40IN5O. The van der Waals surface area contributed by atoms with Crippen LogP contribution in [0.3, 0.4) is 0 Å². The number of aliphatic imine (C=N–C) groups is 1.